The van der Waals surface area contributed by atoms with Gasteiger partial charge in [-0.25, -0.2) is 9.59 Å². The number of benzene rings is 1. The highest BCUT2D eigenvalue weighted by atomic mass is 16.5. The molecule has 2 N–H and O–H groups in total. The van der Waals surface area contributed by atoms with Gasteiger partial charge in [0.05, 0.1) is 31.3 Å². The lowest BCUT2D eigenvalue weighted by Crippen LogP contribution is -2.27. The molecule has 0 spiro atoms. The van der Waals surface area contributed by atoms with E-state index in [9.17, 15) is 14.9 Å². The van der Waals surface area contributed by atoms with Crippen LogP contribution in [0.4, 0.5) is 0 Å². The summed E-state index contributed by atoms with van der Waals surface area (Å²) in [7, 11) is 2.55. The summed E-state index contributed by atoms with van der Waals surface area (Å²) in [5, 5.41) is 9.55. The van der Waals surface area contributed by atoms with Gasteiger partial charge in [0.15, 0.2) is 0 Å². The molecule has 0 fully saturated rings. The monoisotopic (exact) mass is 356 g/mol. The van der Waals surface area contributed by atoms with Crippen LogP contribution in [-0.4, -0.2) is 26.2 Å². The van der Waals surface area contributed by atoms with E-state index in [1.807, 2.05) is 19.9 Å². The van der Waals surface area contributed by atoms with Gasteiger partial charge in [-0.05, 0) is 17.7 Å². The standard InChI is InChI=1S/C19H20N2O5/c1-10(2)16-15(19(23)25-4)14(13(9-20)17(21)26-16)11-5-7-12(8-6-11)18(22)24-3/h5-8,10,14H,21H2,1-4H3. The Morgan fingerprint density at radius 1 is 1.15 bits per heavy atom. The molecule has 1 heterocycles. The smallest absolute Gasteiger partial charge is 0.338 e. The predicted molar refractivity (Wildman–Crippen MR) is 92.3 cm³/mol. The van der Waals surface area contributed by atoms with Crippen LogP contribution in [-0.2, 0) is 19.0 Å². The van der Waals surface area contributed by atoms with Crippen LogP contribution in [0.25, 0.3) is 0 Å². The second-order valence-corrected chi connectivity index (χ2v) is 5.96. The molecule has 0 amide bonds. The third kappa shape index (κ3) is 3.40. The number of nitrogens with two attached hydrogens (primary N) is 1. The first-order chi connectivity index (χ1) is 12.3. The normalized spacial score (nSPS) is 16.8. The minimum atomic E-state index is -0.745. The molecule has 1 aliphatic rings. The van der Waals surface area contributed by atoms with Gasteiger partial charge in [-0.15, -0.1) is 0 Å². The maximum absolute atomic E-state index is 12.4. The number of methoxy groups -OCH3 is 2. The summed E-state index contributed by atoms with van der Waals surface area (Å²) in [5.41, 5.74) is 7.22. The van der Waals surface area contributed by atoms with Crippen molar-refractivity contribution >= 4 is 11.9 Å². The van der Waals surface area contributed by atoms with Crippen molar-refractivity contribution < 1.29 is 23.8 Å². The van der Waals surface area contributed by atoms with Gasteiger partial charge in [-0.3, -0.25) is 0 Å². The van der Waals surface area contributed by atoms with Gasteiger partial charge in [-0.2, -0.15) is 5.26 Å². The first kappa shape index (κ1) is 19.1. The molecule has 1 aromatic rings. The number of rotatable bonds is 4. The van der Waals surface area contributed by atoms with Crippen molar-refractivity contribution in [2.24, 2.45) is 11.7 Å². The maximum Gasteiger partial charge on any atom is 0.338 e. The van der Waals surface area contributed by atoms with E-state index in [1.165, 1.54) is 14.2 Å². The molecule has 1 aliphatic heterocycles. The Labute approximate surface area is 151 Å². The molecule has 0 saturated carbocycles. The Kier molecular flexibility index (Phi) is 5.68. The Morgan fingerprint density at radius 2 is 1.73 bits per heavy atom. The molecule has 0 aliphatic carbocycles. The molecule has 0 aromatic heterocycles. The molecule has 7 nitrogen and oxygen atoms in total. The average Bonchev–Trinajstić information content (AvgIpc) is 2.65. The molecule has 1 atom stereocenters. The molecule has 136 valence electrons. The van der Waals surface area contributed by atoms with Gasteiger partial charge in [0.2, 0.25) is 5.88 Å². The quantitative estimate of drug-likeness (QED) is 0.824. The van der Waals surface area contributed by atoms with Gasteiger partial charge < -0.3 is 19.9 Å². The highest BCUT2D eigenvalue weighted by Gasteiger charge is 2.38. The van der Waals surface area contributed by atoms with Crippen molar-refractivity contribution in [3.63, 3.8) is 0 Å². The fourth-order valence-corrected chi connectivity index (χ4v) is 2.80. The summed E-state index contributed by atoms with van der Waals surface area (Å²) in [5.74, 6) is -1.67. The number of nitriles is 1. The summed E-state index contributed by atoms with van der Waals surface area (Å²) in [6.07, 6.45) is 0. The minimum absolute atomic E-state index is 0.0501. The Balaban J connectivity index is 2.65. The van der Waals surface area contributed by atoms with Crippen LogP contribution in [0.3, 0.4) is 0 Å². The first-order valence-electron chi connectivity index (χ1n) is 7.93. The van der Waals surface area contributed by atoms with Crippen LogP contribution >= 0.6 is 0 Å². The van der Waals surface area contributed by atoms with Gasteiger partial charge in [0, 0.05) is 5.92 Å². The molecule has 1 unspecified atom stereocenters. The molecule has 2 rings (SSSR count). The lowest BCUT2D eigenvalue weighted by molar-refractivity contribution is -0.136. The molecule has 0 saturated heterocycles. The fraction of sp³-hybridized carbons (Fsp3) is 0.316. The maximum atomic E-state index is 12.4. The van der Waals surface area contributed by atoms with Crippen molar-refractivity contribution in [1.29, 1.82) is 5.26 Å². The van der Waals surface area contributed by atoms with Crippen LogP contribution in [0.15, 0.2) is 47.1 Å². The van der Waals surface area contributed by atoms with E-state index >= 15 is 0 Å². The number of nitrogens with zero attached hydrogens (tertiary/aromatic N) is 1. The largest absolute Gasteiger partial charge is 0.466 e. The minimum Gasteiger partial charge on any atom is -0.466 e. The summed E-state index contributed by atoms with van der Waals surface area (Å²) in [6.45, 7) is 3.70. The third-order valence-electron chi connectivity index (χ3n) is 4.04. The van der Waals surface area contributed by atoms with Crippen LogP contribution in [0.5, 0.6) is 0 Å². The van der Waals surface area contributed by atoms with E-state index in [4.69, 9.17) is 15.2 Å². The molecule has 0 radical (unpaired) electrons. The van der Waals surface area contributed by atoms with Crippen molar-refractivity contribution in [3.05, 3.63) is 58.2 Å². The number of hydrogen-bond donors (Lipinski definition) is 1. The summed E-state index contributed by atoms with van der Waals surface area (Å²) in [4.78, 5) is 24.1. The highest BCUT2D eigenvalue weighted by Crippen LogP contribution is 2.41. The molecular formula is C19H20N2O5. The Hall–Kier alpha value is -3.27. The lowest BCUT2D eigenvalue weighted by atomic mass is 9.81. The van der Waals surface area contributed by atoms with Crippen LogP contribution in [0.1, 0.15) is 35.7 Å². The van der Waals surface area contributed by atoms with Gasteiger partial charge in [0.25, 0.3) is 0 Å². The van der Waals surface area contributed by atoms with Crippen molar-refractivity contribution in [1.82, 2.24) is 0 Å². The molecular weight excluding hydrogens is 336 g/mol. The van der Waals surface area contributed by atoms with Crippen LogP contribution in [0, 0.1) is 17.2 Å². The number of esters is 2. The number of ether oxygens (including phenoxy) is 3. The summed E-state index contributed by atoms with van der Waals surface area (Å²) >= 11 is 0. The van der Waals surface area contributed by atoms with Crippen molar-refractivity contribution in [2.75, 3.05) is 14.2 Å². The third-order valence-corrected chi connectivity index (χ3v) is 4.04. The van der Waals surface area contributed by atoms with Crippen molar-refractivity contribution in [3.8, 4) is 6.07 Å². The predicted octanol–water partition coefficient (Wildman–Crippen LogP) is 2.36. The SMILES string of the molecule is COC(=O)C1=C(C(C)C)OC(N)=C(C#N)C1c1ccc(C(=O)OC)cc1. The second-order valence-electron chi connectivity index (χ2n) is 5.96. The zero-order valence-electron chi connectivity index (χ0n) is 15.0. The number of hydrogen-bond acceptors (Lipinski definition) is 7. The highest BCUT2D eigenvalue weighted by molar-refractivity contribution is 5.93. The van der Waals surface area contributed by atoms with E-state index in [0.717, 1.165) is 0 Å². The number of allylic oxidation sites excluding steroid dienone is 2. The summed E-state index contributed by atoms with van der Waals surface area (Å²) in [6, 6.07) is 8.43. The molecule has 0 bridgehead atoms. The Bertz CT molecular complexity index is 828. The molecule has 7 heteroatoms. The van der Waals surface area contributed by atoms with Crippen LogP contribution < -0.4 is 5.73 Å². The lowest BCUT2D eigenvalue weighted by Gasteiger charge is -2.29. The van der Waals surface area contributed by atoms with E-state index in [2.05, 4.69) is 4.74 Å². The van der Waals surface area contributed by atoms with E-state index in [0.29, 0.717) is 16.9 Å². The summed E-state index contributed by atoms with van der Waals surface area (Å²) < 4.78 is 15.1. The van der Waals surface area contributed by atoms with E-state index < -0.39 is 17.9 Å². The molecule has 26 heavy (non-hydrogen) atoms. The average molecular weight is 356 g/mol. The van der Waals surface area contributed by atoms with Crippen molar-refractivity contribution in [2.45, 2.75) is 19.8 Å². The zero-order valence-corrected chi connectivity index (χ0v) is 15.0. The first-order valence-corrected chi connectivity index (χ1v) is 7.93. The Morgan fingerprint density at radius 3 is 2.19 bits per heavy atom. The fourth-order valence-electron chi connectivity index (χ4n) is 2.80. The van der Waals surface area contributed by atoms with E-state index in [-0.39, 0.29) is 22.9 Å². The topological polar surface area (TPSA) is 112 Å². The number of carbonyl (C=O) groups excluding carboxylic acids is 2. The molecule has 1 aromatic carbocycles. The second kappa shape index (κ2) is 7.74. The van der Waals surface area contributed by atoms with Crippen LogP contribution in [0.2, 0.25) is 0 Å². The zero-order chi connectivity index (χ0) is 19.4. The van der Waals surface area contributed by atoms with Gasteiger partial charge >= 0.3 is 11.9 Å². The van der Waals surface area contributed by atoms with E-state index in [1.54, 1.807) is 24.3 Å². The van der Waals surface area contributed by atoms with Gasteiger partial charge in [-0.1, -0.05) is 26.0 Å². The number of carbonyl (C=O) groups is 2. The van der Waals surface area contributed by atoms with Gasteiger partial charge in [0.1, 0.15) is 17.4 Å².